The molecule has 38 valence electrons. The zero-order chi connectivity index (χ0) is 4.28. The Labute approximate surface area is 45.9 Å². The lowest BCUT2D eigenvalue weighted by Crippen LogP contribution is -1.82. The molecule has 0 heterocycles. The first kappa shape index (κ1) is 9.34. The fraction of sp³-hybridized carbons (Fsp3) is 0.667. The van der Waals surface area contributed by atoms with Gasteiger partial charge >= 0.3 is 5.97 Å². The van der Waals surface area contributed by atoms with E-state index >= 15 is 0 Å². The minimum atomic E-state index is -0.329. The van der Waals surface area contributed by atoms with Crippen LogP contribution in [0.1, 0.15) is 14.4 Å². The van der Waals surface area contributed by atoms with E-state index in [0.717, 1.165) is 0 Å². The Kier molecular flexibility index (Phi) is 7.71. The van der Waals surface area contributed by atoms with E-state index in [1.165, 1.54) is 6.92 Å². The van der Waals surface area contributed by atoms with Crippen molar-refractivity contribution in [2.45, 2.75) is 14.4 Å². The molecule has 0 aliphatic rings. The molecular weight excluding hydrogens is 148 g/mol. The summed E-state index contributed by atoms with van der Waals surface area (Å²) in [6.45, 7) is 1.31. The van der Waals surface area contributed by atoms with E-state index in [9.17, 15) is 4.79 Å². The van der Waals surface area contributed by atoms with E-state index in [0.29, 0.717) is 0 Å². The fourth-order valence-electron chi connectivity index (χ4n) is 0. The molecular formula is C3H7BrO2. The average Bonchev–Trinajstić information content (AvgIpc) is 1.38. The first-order valence-corrected chi connectivity index (χ1v) is 1.71. The van der Waals surface area contributed by atoms with E-state index in [4.69, 9.17) is 0 Å². The Morgan fingerprint density at radius 1 is 1.83 bits per heavy atom. The lowest BCUT2D eigenvalue weighted by atomic mass is 10.9. The van der Waals surface area contributed by atoms with Crippen LogP contribution in [-0.2, 0) is 8.62 Å². The Balaban J connectivity index is 0. The molecule has 6 heavy (non-hydrogen) atoms. The van der Waals surface area contributed by atoms with Gasteiger partial charge in [-0.3, -0.25) is 4.79 Å². The second-order valence-electron chi connectivity index (χ2n) is 0.569. The van der Waals surface area contributed by atoms with Gasteiger partial charge in [-0.25, -0.2) is 0 Å². The second kappa shape index (κ2) is 4.95. The van der Waals surface area contributed by atoms with Crippen molar-refractivity contribution in [1.29, 1.82) is 0 Å². The van der Waals surface area contributed by atoms with Crippen LogP contribution in [0.3, 0.4) is 0 Å². The molecule has 3 heteroatoms. The summed E-state index contributed by atoms with van der Waals surface area (Å²) in [4.78, 5) is 9.54. The van der Waals surface area contributed by atoms with Gasteiger partial charge in [0.15, 0.2) is 16.3 Å². The largest absolute Gasteiger partial charge is 0.384 e. The molecule has 0 bridgehead atoms. The van der Waals surface area contributed by atoms with Gasteiger partial charge in [-0.05, 0) is 0 Å². The third-order valence-corrected chi connectivity index (χ3v) is 0.565. The molecule has 0 saturated carbocycles. The highest BCUT2D eigenvalue weighted by Crippen LogP contribution is 1.80. The minimum Gasteiger partial charge on any atom is -0.384 e. The summed E-state index contributed by atoms with van der Waals surface area (Å²) in [5.41, 5.74) is 0. The molecule has 0 aromatic carbocycles. The summed E-state index contributed by atoms with van der Waals surface area (Å²) < 4.78 is 3.92. The zero-order valence-electron chi connectivity index (χ0n) is 2.69. The molecule has 0 spiro atoms. The molecule has 0 aromatic rings. The van der Waals surface area contributed by atoms with E-state index in [-0.39, 0.29) is 13.4 Å². The van der Waals surface area contributed by atoms with Gasteiger partial charge in [0, 0.05) is 6.92 Å². The fourth-order valence-corrected chi connectivity index (χ4v) is 0. The van der Waals surface area contributed by atoms with Gasteiger partial charge in [-0.15, -0.1) is 0 Å². The molecule has 0 N–H and O–H groups in total. The van der Waals surface area contributed by atoms with Crippen molar-refractivity contribution >= 4 is 22.2 Å². The van der Waals surface area contributed by atoms with Gasteiger partial charge in [0.25, 0.3) is 0 Å². The summed E-state index contributed by atoms with van der Waals surface area (Å²) in [5, 5.41) is 0. The summed E-state index contributed by atoms with van der Waals surface area (Å²) in [6.07, 6.45) is 0. The van der Waals surface area contributed by atoms with Gasteiger partial charge in [-0.1, -0.05) is 7.43 Å². The average molecular weight is 155 g/mol. The van der Waals surface area contributed by atoms with Crippen molar-refractivity contribution in [3.8, 4) is 0 Å². The van der Waals surface area contributed by atoms with Crippen LogP contribution < -0.4 is 0 Å². The number of rotatable bonds is 0. The van der Waals surface area contributed by atoms with Crippen molar-refractivity contribution < 1.29 is 8.62 Å². The maximum Gasteiger partial charge on any atom is 0.314 e. The molecule has 0 saturated heterocycles. The van der Waals surface area contributed by atoms with Crippen LogP contribution in [0.2, 0.25) is 0 Å². The third kappa shape index (κ3) is 9.04. The smallest absolute Gasteiger partial charge is 0.314 e. The topological polar surface area (TPSA) is 26.3 Å². The molecule has 0 aliphatic heterocycles. The third-order valence-electron chi connectivity index (χ3n) is 0.109. The van der Waals surface area contributed by atoms with Gasteiger partial charge in [-0.2, -0.15) is 0 Å². The zero-order valence-corrected chi connectivity index (χ0v) is 4.28. The Bertz CT molecular complexity index is 44.1. The highest BCUT2D eigenvalue weighted by molar-refractivity contribution is 9.06. The predicted octanol–water partition coefficient (Wildman–Crippen LogP) is 1.50. The number of carbonyl (C=O) groups excluding carboxylic acids is 1. The van der Waals surface area contributed by atoms with Crippen LogP contribution in [0.4, 0.5) is 0 Å². The van der Waals surface area contributed by atoms with Crippen molar-refractivity contribution in [2.24, 2.45) is 0 Å². The maximum atomic E-state index is 9.54. The normalized spacial score (nSPS) is 5.67. The number of hydrogen-bond donors (Lipinski definition) is 0. The lowest BCUT2D eigenvalue weighted by Gasteiger charge is -1.75. The van der Waals surface area contributed by atoms with Crippen molar-refractivity contribution in [2.75, 3.05) is 0 Å². The van der Waals surface area contributed by atoms with E-state index in [1.54, 1.807) is 0 Å². The summed E-state index contributed by atoms with van der Waals surface area (Å²) in [5.74, 6) is -0.329. The van der Waals surface area contributed by atoms with Crippen LogP contribution in [-0.4, -0.2) is 5.97 Å². The highest BCUT2D eigenvalue weighted by Gasteiger charge is 1.78. The first-order valence-electron chi connectivity index (χ1n) is 1.06. The molecule has 0 aliphatic carbocycles. The number of carbonyl (C=O) groups is 1. The molecule has 0 unspecified atom stereocenters. The summed E-state index contributed by atoms with van der Waals surface area (Å²) in [7, 11) is 0. The van der Waals surface area contributed by atoms with E-state index < -0.39 is 0 Å². The second-order valence-corrected chi connectivity index (χ2v) is 0.892. The van der Waals surface area contributed by atoms with Crippen LogP contribution >= 0.6 is 16.3 Å². The number of hydrogen-bond acceptors (Lipinski definition) is 2. The number of halogens is 1. The minimum absolute atomic E-state index is 0. The maximum absolute atomic E-state index is 9.54. The van der Waals surface area contributed by atoms with Gasteiger partial charge < -0.3 is 3.83 Å². The quantitative estimate of drug-likeness (QED) is 0.529. The predicted molar refractivity (Wildman–Crippen MR) is 27.4 cm³/mol. The lowest BCUT2D eigenvalue weighted by molar-refractivity contribution is -0.129. The Morgan fingerprint density at radius 3 is 2.00 bits per heavy atom. The van der Waals surface area contributed by atoms with Gasteiger partial charge in [0.05, 0.1) is 0 Å². The standard InChI is InChI=1S/C2H3BrO2.CH4/c1-2(4)5-3;/h1H3;1H4. The van der Waals surface area contributed by atoms with E-state index in [1.807, 2.05) is 0 Å². The van der Waals surface area contributed by atoms with Crippen molar-refractivity contribution in [1.82, 2.24) is 0 Å². The Morgan fingerprint density at radius 2 is 2.00 bits per heavy atom. The monoisotopic (exact) mass is 154 g/mol. The van der Waals surface area contributed by atoms with E-state index in [2.05, 4.69) is 20.1 Å². The van der Waals surface area contributed by atoms with Crippen LogP contribution in [0, 0.1) is 0 Å². The van der Waals surface area contributed by atoms with Crippen molar-refractivity contribution in [3.63, 3.8) is 0 Å². The Hall–Kier alpha value is -0.0500. The molecule has 0 rings (SSSR count). The molecule has 0 fully saturated rings. The van der Waals surface area contributed by atoms with Crippen LogP contribution in [0.15, 0.2) is 0 Å². The molecule has 0 aromatic heterocycles. The van der Waals surface area contributed by atoms with Gasteiger partial charge in [0.1, 0.15) is 0 Å². The van der Waals surface area contributed by atoms with Gasteiger partial charge in [0.2, 0.25) is 0 Å². The molecule has 0 radical (unpaired) electrons. The summed E-state index contributed by atoms with van der Waals surface area (Å²) >= 11 is 2.46. The molecule has 0 amide bonds. The molecule has 0 atom stereocenters. The van der Waals surface area contributed by atoms with Crippen molar-refractivity contribution in [3.05, 3.63) is 0 Å². The SMILES string of the molecule is C.CC(=O)OBr. The summed E-state index contributed by atoms with van der Waals surface area (Å²) in [6, 6.07) is 0. The van der Waals surface area contributed by atoms with Crippen LogP contribution in [0.5, 0.6) is 0 Å². The first-order chi connectivity index (χ1) is 2.27. The highest BCUT2D eigenvalue weighted by atomic mass is 79.9. The van der Waals surface area contributed by atoms with Crippen LogP contribution in [0.25, 0.3) is 0 Å². The molecule has 2 nitrogen and oxygen atoms in total.